The number of carboxylic acid groups (broad SMARTS) is 1. The number of nitrogens with one attached hydrogen (secondary N) is 1. The van der Waals surface area contributed by atoms with E-state index >= 15 is 0 Å². The topological polar surface area (TPSA) is 109 Å². The van der Waals surface area contributed by atoms with Gasteiger partial charge in [0.1, 0.15) is 6.04 Å². The minimum absolute atomic E-state index is 0.255. The van der Waals surface area contributed by atoms with Crippen molar-refractivity contribution in [3.63, 3.8) is 0 Å². The molecule has 0 saturated carbocycles. The number of carboxylic acids is 1. The fourth-order valence-electron chi connectivity index (χ4n) is 1.31. The van der Waals surface area contributed by atoms with Crippen LogP contribution in [0.2, 0.25) is 0 Å². The molecule has 102 valence electrons. The Morgan fingerprint density at radius 1 is 1.32 bits per heavy atom. The maximum Gasteiger partial charge on any atom is 0.326 e. The van der Waals surface area contributed by atoms with E-state index < -0.39 is 30.2 Å². The van der Waals surface area contributed by atoms with Crippen molar-refractivity contribution < 1.29 is 19.5 Å². The lowest BCUT2D eigenvalue weighted by molar-refractivity contribution is -0.140. The van der Waals surface area contributed by atoms with E-state index in [1.165, 1.54) is 6.07 Å². The van der Waals surface area contributed by atoms with Crippen LogP contribution >= 0.6 is 31.9 Å². The summed E-state index contributed by atoms with van der Waals surface area (Å²) in [6.07, 6.45) is -0.466. The third kappa shape index (κ3) is 4.64. The number of halogens is 2. The van der Waals surface area contributed by atoms with Crippen LogP contribution in [-0.4, -0.2) is 28.9 Å². The van der Waals surface area contributed by atoms with Gasteiger partial charge in [-0.25, -0.2) is 4.79 Å². The molecular formula is C11H10Br2N2O4. The molecule has 0 bridgehead atoms. The molecule has 0 aromatic heterocycles. The van der Waals surface area contributed by atoms with Gasteiger partial charge in [0.2, 0.25) is 5.91 Å². The van der Waals surface area contributed by atoms with Crippen molar-refractivity contribution in [1.29, 1.82) is 0 Å². The highest BCUT2D eigenvalue weighted by atomic mass is 79.9. The number of rotatable bonds is 5. The van der Waals surface area contributed by atoms with Gasteiger partial charge in [-0.15, -0.1) is 0 Å². The summed E-state index contributed by atoms with van der Waals surface area (Å²) >= 11 is 6.40. The molecule has 1 aromatic carbocycles. The van der Waals surface area contributed by atoms with Gasteiger partial charge in [0.25, 0.3) is 5.91 Å². The number of carbonyl (C=O) groups is 3. The van der Waals surface area contributed by atoms with E-state index in [9.17, 15) is 14.4 Å². The van der Waals surface area contributed by atoms with Crippen molar-refractivity contribution in [1.82, 2.24) is 5.32 Å². The summed E-state index contributed by atoms with van der Waals surface area (Å²) in [7, 11) is 0. The van der Waals surface area contributed by atoms with Crippen LogP contribution in [0.15, 0.2) is 27.1 Å². The van der Waals surface area contributed by atoms with E-state index in [0.717, 1.165) is 0 Å². The van der Waals surface area contributed by atoms with Crippen LogP contribution in [0.1, 0.15) is 16.8 Å². The normalized spacial score (nSPS) is 11.7. The van der Waals surface area contributed by atoms with Crippen molar-refractivity contribution in [3.8, 4) is 0 Å². The molecule has 0 spiro atoms. The van der Waals surface area contributed by atoms with Gasteiger partial charge in [-0.1, -0.05) is 15.9 Å². The number of carbonyl (C=O) groups excluding carboxylic acids is 2. The number of benzene rings is 1. The molecular weight excluding hydrogens is 384 g/mol. The zero-order valence-corrected chi connectivity index (χ0v) is 12.7. The summed E-state index contributed by atoms with van der Waals surface area (Å²) in [5.74, 6) is -2.74. The van der Waals surface area contributed by atoms with Crippen LogP contribution in [0, 0.1) is 0 Å². The molecule has 1 aromatic rings. The Labute approximate surface area is 125 Å². The van der Waals surface area contributed by atoms with Crippen LogP contribution < -0.4 is 11.1 Å². The first-order valence-corrected chi connectivity index (χ1v) is 6.67. The Kier molecular flexibility index (Phi) is 5.49. The molecule has 8 heteroatoms. The molecule has 6 nitrogen and oxygen atoms in total. The molecule has 0 aliphatic carbocycles. The van der Waals surface area contributed by atoms with Crippen LogP contribution in [0.3, 0.4) is 0 Å². The highest BCUT2D eigenvalue weighted by molar-refractivity contribution is 9.11. The second-order valence-corrected chi connectivity index (χ2v) is 5.43. The molecule has 0 radical (unpaired) electrons. The summed E-state index contributed by atoms with van der Waals surface area (Å²) in [6, 6.07) is 3.54. The van der Waals surface area contributed by atoms with E-state index in [-0.39, 0.29) is 5.56 Å². The highest BCUT2D eigenvalue weighted by Crippen LogP contribution is 2.21. The average molecular weight is 394 g/mol. The minimum Gasteiger partial charge on any atom is -0.480 e. The van der Waals surface area contributed by atoms with E-state index in [0.29, 0.717) is 8.95 Å². The molecule has 0 unspecified atom stereocenters. The van der Waals surface area contributed by atoms with Gasteiger partial charge in [-0.3, -0.25) is 9.59 Å². The molecule has 0 heterocycles. The van der Waals surface area contributed by atoms with Crippen molar-refractivity contribution in [2.75, 3.05) is 0 Å². The highest BCUT2D eigenvalue weighted by Gasteiger charge is 2.23. The summed E-state index contributed by atoms with van der Waals surface area (Å²) in [6.45, 7) is 0. The Morgan fingerprint density at radius 2 is 1.95 bits per heavy atom. The predicted molar refractivity (Wildman–Crippen MR) is 74.5 cm³/mol. The van der Waals surface area contributed by atoms with E-state index in [2.05, 4.69) is 37.2 Å². The van der Waals surface area contributed by atoms with Gasteiger partial charge in [0, 0.05) is 8.95 Å². The fourth-order valence-corrected chi connectivity index (χ4v) is 2.10. The average Bonchev–Trinajstić information content (AvgIpc) is 2.30. The van der Waals surface area contributed by atoms with Gasteiger partial charge in [-0.05, 0) is 34.1 Å². The number of nitrogens with two attached hydrogens (primary N) is 1. The second-order valence-electron chi connectivity index (χ2n) is 3.66. The SMILES string of the molecule is NC(=O)C[C@H](NC(=O)c1cc(Br)ccc1Br)C(=O)O. The molecule has 0 aliphatic rings. The second kappa shape index (κ2) is 6.67. The van der Waals surface area contributed by atoms with Gasteiger partial charge < -0.3 is 16.2 Å². The smallest absolute Gasteiger partial charge is 0.326 e. The Balaban J connectivity index is 2.90. The van der Waals surface area contributed by atoms with Crippen LogP contribution in [0.25, 0.3) is 0 Å². The van der Waals surface area contributed by atoms with Gasteiger partial charge in [-0.2, -0.15) is 0 Å². The molecule has 0 saturated heterocycles. The van der Waals surface area contributed by atoms with Crippen LogP contribution in [-0.2, 0) is 9.59 Å². The molecule has 0 fully saturated rings. The van der Waals surface area contributed by atoms with E-state index in [1.54, 1.807) is 12.1 Å². The molecule has 19 heavy (non-hydrogen) atoms. The quantitative estimate of drug-likeness (QED) is 0.699. The first kappa shape index (κ1) is 15.6. The number of primary amides is 1. The fraction of sp³-hybridized carbons (Fsp3) is 0.182. The predicted octanol–water partition coefficient (Wildman–Crippen LogP) is 1.27. The van der Waals surface area contributed by atoms with Gasteiger partial charge >= 0.3 is 5.97 Å². The first-order valence-electron chi connectivity index (χ1n) is 5.08. The van der Waals surface area contributed by atoms with E-state index in [4.69, 9.17) is 10.8 Å². The van der Waals surface area contributed by atoms with Crippen LogP contribution in [0.4, 0.5) is 0 Å². The largest absolute Gasteiger partial charge is 0.480 e. The molecule has 4 N–H and O–H groups in total. The lowest BCUT2D eigenvalue weighted by Gasteiger charge is -2.13. The Bertz CT molecular complexity index is 533. The third-order valence-corrected chi connectivity index (χ3v) is 3.37. The zero-order valence-electron chi connectivity index (χ0n) is 9.52. The lowest BCUT2D eigenvalue weighted by atomic mass is 10.1. The van der Waals surface area contributed by atoms with E-state index in [1.807, 2.05) is 0 Å². The van der Waals surface area contributed by atoms with Crippen molar-refractivity contribution in [2.45, 2.75) is 12.5 Å². The summed E-state index contributed by atoms with van der Waals surface area (Å²) in [4.78, 5) is 33.6. The van der Waals surface area contributed by atoms with Gasteiger partial charge in [0.05, 0.1) is 12.0 Å². The first-order chi connectivity index (χ1) is 8.81. The maximum absolute atomic E-state index is 11.9. The summed E-state index contributed by atoms with van der Waals surface area (Å²) in [5, 5.41) is 11.1. The van der Waals surface area contributed by atoms with Gasteiger partial charge in [0.15, 0.2) is 0 Å². The molecule has 1 atom stereocenters. The molecule has 2 amide bonds. The van der Waals surface area contributed by atoms with Crippen molar-refractivity contribution in [3.05, 3.63) is 32.7 Å². The Morgan fingerprint density at radius 3 is 2.47 bits per heavy atom. The number of aliphatic carboxylic acids is 1. The number of hydrogen-bond acceptors (Lipinski definition) is 3. The Hall–Kier alpha value is -1.41. The van der Waals surface area contributed by atoms with Crippen LogP contribution in [0.5, 0.6) is 0 Å². The number of amides is 2. The monoisotopic (exact) mass is 392 g/mol. The maximum atomic E-state index is 11.9. The standard InChI is InChI=1S/C11H10Br2N2O4/c12-5-1-2-7(13)6(3-5)10(17)15-8(11(18)19)4-9(14)16/h1-3,8H,4H2,(H2,14,16)(H,15,17)(H,18,19)/t8-/m0/s1. The lowest BCUT2D eigenvalue weighted by Crippen LogP contribution is -2.43. The van der Waals surface area contributed by atoms with Crippen molar-refractivity contribution in [2.24, 2.45) is 5.73 Å². The number of hydrogen-bond donors (Lipinski definition) is 3. The third-order valence-electron chi connectivity index (χ3n) is 2.18. The van der Waals surface area contributed by atoms with Crippen molar-refractivity contribution >= 4 is 49.6 Å². The minimum atomic E-state index is -1.35. The summed E-state index contributed by atoms with van der Waals surface area (Å²) in [5.41, 5.74) is 5.18. The molecule has 0 aliphatic heterocycles. The zero-order chi connectivity index (χ0) is 14.6. The molecule has 1 rings (SSSR count). The summed E-state index contributed by atoms with van der Waals surface area (Å²) < 4.78 is 1.18.